The van der Waals surface area contributed by atoms with E-state index in [1.807, 2.05) is 6.92 Å². The quantitative estimate of drug-likeness (QED) is 0.726. The zero-order valence-corrected chi connectivity index (χ0v) is 9.31. The topological polar surface area (TPSA) is 64.3 Å². The Kier molecular flexibility index (Phi) is 5.00. The lowest BCUT2D eigenvalue weighted by Gasteiger charge is -2.23. The molecule has 0 amide bonds. The SMILES string of the molecule is COCCN(CCN)c1nccnc1C. The summed E-state index contributed by atoms with van der Waals surface area (Å²) in [6, 6.07) is 0. The average Bonchev–Trinajstić information content (AvgIpc) is 2.25. The average molecular weight is 210 g/mol. The largest absolute Gasteiger partial charge is 0.383 e. The lowest BCUT2D eigenvalue weighted by atomic mass is 10.3. The maximum absolute atomic E-state index is 5.56. The Morgan fingerprint density at radius 1 is 1.33 bits per heavy atom. The molecule has 0 unspecified atom stereocenters. The lowest BCUT2D eigenvalue weighted by molar-refractivity contribution is 0.205. The van der Waals surface area contributed by atoms with Crippen molar-refractivity contribution in [2.75, 3.05) is 38.3 Å². The molecule has 5 nitrogen and oxygen atoms in total. The molecule has 0 bridgehead atoms. The molecule has 84 valence electrons. The number of hydrogen-bond acceptors (Lipinski definition) is 5. The zero-order chi connectivity index (χ0) is 11.1. The number of methoxy groups -OCH3 is 1. The second-order valence-electron chi connectivity index (χ2n) is 3.23. The van der Waals surface area contributed by atoms with E-state index in [1.54, 1.807) is 19.5 Å². The Morgan fingerprint density at radius 3 is 2.67 bits per heavy atom. The normalized spacial score (nSPS) is 10.3. The predicted octanol–water partition coefficient (Wildman–Crippen LogP) is 0.197. The van der Waals surface area contributed by atoms with E-state index in [4.69, 9.17) is 10.5 Å². The van der Waals surface area contributed by atoms with Gasteiger partial charge in [0.1, 0.15) is 5.82 Å². The van der Waals surface area contributed by atoms with Crippen molar-refractivity contribution in [3.05, 3.63) is 18.1 Å². The molecule has 0 saturated heterocycles. The van der Waals surface area contributed by atoms with Gasteiger partial charge < -0.3 is 15.4 Å². The molecule has 2 N–H and O–H groups in total. The molecule has 0 saturated carbocycles. The van der Waals surface area contributed by atoms with Crippen LogP contribution in [0.2, 0.25) is 0 Å². The maximum Gasteiger partial charge on any atom is 0.150 e. The smallest absolute Gasteiger partial charge is 0.150 e. The van der Waals surface area contributed by atoms with Crippen molar-refractivity contribution in [3.63, 3.8) is 0 Å². The van der Waals surface area contributed by atoms with Crippen molar-refractivity contribution in [2.24, 2.45) is 5.73 Å². The maximum atomic E-state index is 5.56. The third kappa shape index (κ3) is 3.45. The molecular weight excluding hydrogens is 192 g/mol. The summed E-state index contributed by atoms with van der Waals surface area (Å²) in [5.74, 6) is 0.889. The Bertz CT molecular complexity index is 293. The van der Waals surface area contributed by atoms with Crippen LogP contribution in [0.4, 0.5) is 5.82 Å². The highest BCUT2D eigenvalue weighted by Gasteiger charge is 2.09. The van der Waals surface area contributed by atoms with Gasteiger partial charge in [-0.3, -0.25) is 4.98 Å². The summed E-state index contributed by atoms with van der Waals surface area (Å²) >= 11 is 0. The van der Waals surface area contributed by atoms with Crippen LogP contribution in [0.3, 0.4) is 0 Å². The molecule has 5 heteroatoms. The van der Waals surface area contributed by atoms with E-state index >= 15 is 0 Å². The van der Waals surface area contributed by atoms with Gasteiger partial charge in [0.2, 0.25) is 0 Å². The van der Waals surface area contributed by atoms with Crippen molar-refractivity contribution in [1.82, 2.24) is 9.97 Å². The molecule has 0 radical (unpaired) electrons. The number of nitrogens with two attached hydrogens (primary N) is 1. The molecule has 0 atom stereocenters. The third-order valence-corrected chi connectivity index (χ3v) is 2.12. The highest BCUT2D eigenvalue weighted by molar-refractivity contribution is 5.42. The van der Waals surface area contributed by atoms with Gasteiger partial charge in [0.15, 0.2) is 0 Å². The minimum Gasteiger partial charge on any atom is -0.383 e. The number of ether oxygens (including phenoxy) is 1. The van der Waals surface area contributed by atoms with Gasteiger partial charge >= 0.3 is 0 Å². The van der Waals surface area contributed by atoms with E-state index < -0.39 is 0 Å². The van der Waals surface area contributed by atoms with Crippen molar-refractivity contribution < 1.29 is 4.74 Å². The highest BCUT2D eigenvalue weighted by Crippen LogP contribution is 2.12. The van der Waals surface area contributed by atoms with Crippen LogP contribution < -0.4 is 10.6 Å². The molecule has 1 rings (SSSR count). The summed E-state index contributed by atoms with van der Waals surface area (Å²) in [4.78, 5) is 10.6. The summed E-state index contributed by atoms with van der Waals surface area (Å²) < 4.78 is 5.05. The lowest BCUT2D eigenvalue weighted by Crippen LogP contribution is -2.33. The molecule has 1 aromatic heterocycles. The summed E-state index contributed by atoms with van der Waals surface area (Å²) in [5, 5.41) is 0. The molecule has 0 aliphatic rings. The number of aryl methyl sites for hydroxylation is 1. The number of anilines is 1. The summed E-state index contributed by atoms with van der Waals surface area (Å²) in [6.45, 7) is 4.75. The summed E-state index contributed by atoms with van der Waals surface area (Å²) in [6.07, 6.45) is 3.38. The van der Waals surface area contributed by atoms with E-state index in [2.05, 4.69) is 14.9 Å². The first-order chi connectivity index (χ1) is 7.29. The van der Waals surface area contributed by atoms with Gasteiger partial charge in [0.05, 0.1) is 12.3 Å². The molecule has 0 fully saturated rings. The molecule has 0 aromatic carbocycles. The first kappa shape index (κ1) is 11.9. The number of hydrogen-bond donors (Lipinski definition) is 1. The summed E-state index contributed by atoms with van der Waals surface area (Å²) in [5.41, 5.74) is 6.48. The van der Waals surface area contributed by atoms with Crippen LogP contribution >= 0.6 is 0 Å². The Labute approximate surface area is 90.3 Å². The van der Waals surface area contributed by atoms with E-state index in [-0.39, 0.29) is 0 Å². The molecule has 0 spiro atoms. The van der Waals surface area contributed by atoms with Crippen LogP contribution in [0.15, 0.2) is 12.4 Å². The Balaban J connectivity index is 2.74. The highest BCUT2D eigenvalue weighted by atomic mass is 16.5. The number of aromatic nitrogens is 2. The fourth-order valence-corrected chi connectivity index (χ4v) is 1.39. The van der Waals surface area contributed by atoms with Crippen molar-refractivity contribution in [3.8, 4) is 0 Å². The van der Waals surface area contributed by atoms with Crippen molar-refractivity contribution in [1.29, 1.82) is 0 Å². The van der Waals surface area contributed by atoms with Gasteiger partial charge in [-0.15, -0.1) is 0 Å². The van der Waals surface area contributed by atoms with E-state index in [9.17, 15) is 0 Å². The first-order valence-corrected chi connectivity index (χ1v) is 5.01. The Hall–Kier alpha value is -1.20. The minimum atomic E-state index is 0.597. The van der Waals surface area contributed by atoms with E-state index in [0.717, 1.165) is 24.6 Å². The van der Waals surface area contributed by atoms with Gasteiger partial charge in [0, 0.05) is 39.1 Å². The second-order valence-corrected chi connectivity index (χ2v) is 3.23. The van der Waals surface area contributed by atoms with Gasteiger partial charge in [-0.05, 0) is 6.92 Å². The van der Waals surface area contributed by atoms with Crippen molar-refractivity contribution in [2.45, 2.75) is 6.92 Å². The number of nitrogens with zero attached hydrogens (tertiary/aromatic N) is 3. The molecule has 0 aliphatic heterocycles. The fourth-order valence-electron chi connectivity index (χ4n) is 1.39. The van der Waals surface area contributed by atoms with Crippen LogP contribution in [0.1, 0.15) is 5.69 Å². The van der Waals surface area contributed by atoms with E-state index in [0.29, 0.717) is 13.2 Å². The molecular formula is C10H18N4O. The van der Waals surface area contributed by atoms with Gasteiger partial charge in [-0.1, -0.05) is 0 Å². The van der Waals surface area contributed by atoms with Crippen LogP contribution in [0, 0.1) is 6.92 Å². The molecule has 1 aromatic rings. The summed E-state index contributed by atoms with van der Waals surface area (Å²) in [7, 11) is 1.68. The predicted molar refractivity (Wildman–Crippen MR) is 59.9 cm³/mol. The zero-order valence-electron chi connectivity index (χ0n) is 9.31. The molecule has 15 heavy (non-hydrogen) atoms. The minimum absolute atomic E-state index is 0.597. The van der Waals surface area contributed by atoms with Gasteiger partial charge in [-0.2, -0.15) is 0 Å². The van der Waals surface area contributed by atoms with Crippen LogP contribution in [0.5, 0.6) is 0 Å². The monoisotopic (exact) mass is 210 g/mol. The third-order valence-electron chi connectivity index (χ3n) is 2.12. The Morgan fingerprint density at radius 2 is 2.07 bits per heavy atom. The van der Waals surface area contributed by atoms with Crippen LogP contribution in [-0.4, -0.2) is 43.3 Å². The van der Waals surface area contributed by atoms with Gasteiger partial charge in [-0.25, -0.2) is 4.98 Å². The second kappa shape index (κ2) is 6.31. The standard InChI is InChI=1S/C10H18N4O/c1-9-10(13-5-4-12-9)14(6-3-11)7-8-15-2/h4-5H,3,6-8,11H2,1-2H3. The fraction of sp³-hybridized carbons (Fsp3) is 0.600. The molecule has 0 aliphatic carbocycles. The number of rotatable bonds is 6. The van der Waals surface area contributed by atoms with Gasteiger partial charge in [0.25, 0.3) is 0 Å². The van der Waals surface area contributed by atoms with E-state index in [1.165, 1.54) is 0 Å². The first-order valence-electron chi connectivity index (χ1n) is 5.01. The molecule has 1 heterocycles. The van der Waals surface area contributed by atoms with Crippen molar-refractivity contribution >= 4 is 5.82 Å². The van der Waals surface area contributed by atoms with Crippen LogP contribution in [-0.2, 0) is 4.74 Å². The van der Waals surface area contributed by atoms with Crippen LogP contribution in [0.25, 0.3) is 0 Å².